The first kappa shape index (κ1) is 22.2. The molecule has 0 saturated heterocycles. The van der Waals surface area contributed by atoms with E-state index in [4.69, 9.17) is 0 Å². The van der Waals surface area contributed by atoms with Gasteiger partial charge in [-0.25, -0.2) is 0 Å². The number of thiophene rings is 2. The second-order valence-electron chi connectivity index (χ2n) is 8.25. The van der Waals surface area contributed by atoms with Crippen molar-refractivity contribution in [3.63, 3.8) is 0 Å². The lowest BCUT2D eigenvalue weighted by atomic mass is 10.1. The third kappa shape index (κ3) is 3.85. The van der Waals surface area contributed by atoms with Crippen LogP contribution in [0.1, 0.15) is 0 Å². The van der Waals surface area contributed by atoms with Crippen molar-refractivity contribution in [2.45, 2.75) is 9.79 Å². The lowest BCUT2D eigenvalue weighted by Crippen LogP contribution is -1.98. The van der Waals surface area contributed by atoms with Crippen molar-refractivity contribution in [2.24, 2.45) is 0 Å². The maximum absolute atomic E-state index is 12.2. The van der Waals surface area contributed by atoms with E-state index in [1.807, 2.05) is 36.4 Å². The molecule has 2 unspecified atom stereocenters. The van der Waals surface area contributed by atoms with E-state index in [0.29, 0.717) is 0 Å². The van der Waals surface area contributed by atoms with Crippen LogP contribution >= 0.6 is 22.7 Å². The van der Waals surface area contributed by atoms with Crippen molar-refractivity contribution in [2.75, 3.05) is 12.5 Å². The minimum absolute atomic E-state index is 0.875. The Hall–Kier alpha value is -2.32. The molecular weight excluding hydrogens is 497 g/mol. The van der Waals surface area contributed by atoms with E-state index in [1.165, 1.54) is 30.9 Å². The number of fused-ring (bicyclic) bond motifs is 3. The zero-order chi connectivity index (χ0) is 23.4. The van der Waals surface area contributed by atoms with Gasteiger partial charge in [0.2, 0.25) is 0 Å². The zero-order valence-electron chi connectivity index (χ0n) is 18.5. The van der Waals surface area contributed by atoms with Crippen LogP contribution in [0, 0.1) is 0 Å². The van der Waals surface area contributed by atoms with Gasteiger partial charge in [0.25, 0.3) is 0 Å². The van der Waals surface area contributed by atoms with Crippen LogP contribution in [0.15, 0.2) is 94.7 Å². The number of rotatable bonds is 4. The first-order chi connectivity index (χ1) is 16.5. The highest BCUT2D eigenvalue weighted by molar-refractivity contribution is 7.91. The van der Waals surface area contributed by atoms with Gasteiger partial charge in [-0.3, -0.25) is 0 Å². The summed E-state index contributed by atoms with van der Waals surface area (Å²) in [5, 5.41) is 4.81. The van der Waals surface area contributed by atoms with Gasteiger partial charge >= 0.3 is 0 Å². The Morgan fingerprint density at radius 1 is 0.529 bits per heavy atom. The molecule has 6 heteroatoms. The van der Waals surface area contributed by atoms with E-state index >= 15 is 0 Å². The molecule has 2 heterocycles. The van der Waals surface area contributed by atoms with Crippen molar-refractivity contribution in [3.05, 3.63) is 84.9 Å². The summed E-state index contributed by atoms with van der Waals surface area (Å²) in [4.78, 5) is 4.04. The largest absolute Gasteiger partial charge is 0.612 e. The Balaban J connectivity index is 1.48. The Kier molecular flexibility index (Phi) is 5.68. The van der Waals surface area contributed by atoms with Crippen LogP contribution in [0.25, 0.3) is 51.8 Å². The predicted octanol–water partition coefficient (Wildman–Crippen LogP) is 8.08. The Morgan fingerprint density at radius 3 is 1.35 bits per heavy atom. The highest BCUT2D eigenvalue weighted by Crippen LogP contribution is 2.41. The summed E-state index contributed by atoms with van der Waals surface area (Å²) >= 11 is 1.42. The summed E-state index contributed by atoms with van der Waals surface area (Å²) in [5.41, 5.74) is 2.09. The molecule has 2 atom stereocenters. The van der Waals surface area contributed by atoms with Crippen molar-refractivity contribution < 1.29 is 9.11 Å². The van der Waals surface area contributed by atoms with Gasteiger partial charge in [-0.1, -0.05) is 24.3 Å². The van der Waals surface area contributed by atoms with Crippen LogP contribution in [0.4, 0.5) is 0 Å². The lowest BCUT2D eigenvalue weighted by molar-refractivity contribution is 0.600. The number of hydrogen-bond acceptors (Lipinski definition) is 4. The number of hydrogen-bond donors (Lipinski definition) is 0. The second-order valence-corrected chi connectivity index (χ2v) is 13.1. The summed E-state index contributed by atoms with van der Waals surface area (Å²) in [6.45, 7) is 0. The fourth-order valence-electron chi connectivity index (χ4n) is 4.43. The summed E-state index contributed by atoms with van der Waals surface area (Å²) in [5.74, 6) is 0. The predicted molar refractivity (Wildman–Crippen MR) is 150 cm³/mol. The fourth-order valence-corrected chi connectivity index (χ4v) is 8.34. The average Bonchev–Trinajstić information content (AvgIpc) is 3.44. The Labute approximate surface area is 212 Å². The molecule has 2 nitrogen and oxygen atoms in total. The molecule has 168 valence electrons. The molecule has 34 heavy (non-hydrogen) atoms. The van der Waals surface area contributed by atoms with Crippen molar-refractivity contribution in [1.82, 2.24) is 0 Å². The molecule has 0 spiro atoms. The van der Waals surface area contributed by atoms with Crippen LogP contribution in [-0.2, 0) is 22.4 Å². The van der Waals surface area contributed by atoms with E-state index in [2.05, 4.69) is 48.5 Å². The van der Waals surface area contributed by atoms with Gasteiger partial charge in [0.15, 0.2) is 9.79 Å². The molecule has 0 saturated carbocycles. The molecule has 0 aliphatic carbocycles. The molecule has 6 rings (SSSR count). The minimum Gasteiger partial charge on any atom is -0.612 e. The second kappa shape index (κ2) is 8.72. The average molecular weight is 517 g/mol. The maximum Gasteiger partial charge on any atom is 0.161 e. The SMILES string of the molecule is C[S+]([O-])c1ccccc1-c1cc2cc3cc4sc(-c5ccccc5[S+](C)[O-])cc4cc3cc2s1. The van der Waals surface area contributed by atoms with Crippen LogP contribution in [0.3, 0.4) is 0 Å². The van der Waals surface area contributed by atoms with E-state index in [1.54, 1.807) is 35.2 Å². The first-order valence-corrected chi connectivity index (χ1v) is 15.5. The topological polar surface area (TPSA) is 46.1 Å². The van der Waals surface area contributed by atoms with Crippen LogP contribution in [0.2, 0.25) is 0 Å². The minimum atomic E-state index is -1.03. The molecular formula is C28H20O2S4. The molecule has 0 N–H and O–H groups in total. The van der Waals surface area contributed by atoms with Gasteiger partial charge < -0.3 is 9.11 Å². The molecule has 2 aromatic heterocycles. The number of benzene rings is 4. The molecule has 6 aromatic rings. The zero-order valence-corrected chi connectivity index (χ0v) is 21.8. The summed E-state index contributed by atoms with van der Waals surface area (Å²) < 4.78 is 26.9. The van der Waals surface area contributed by atoms with Gasteiger partial charge in [0, 0.05) is 30.3 Å². The van der Waals surface area contributed by atoms with E-state index in [-0.39, 0.29) is 0 Å². The third-order valence-electron chi connectivity index (χ3n) is 6.04. The summed E-state index contributed by atoms with van der Waals surface area (Å²) in [6.07, 6.45) is 3.47. The van der Waals surface area contributed by atoms with Gasteiger partial charge in [0.05, 0.1) is 0 Å². The molecule has 4 aromatic carbocycles. The maximum atomic E-state index is 12.2. The van der Waals surface area contributed by atoms with Crippen molar-refractivity contribution in [1.29, 1.82) is 0 Å². The third-order valence-corrected chi connectivity index (χ3v) is 10.2. The van der Waals surface area contributed by atoms with Crippen molar-refractivity contribution in [3.8, 4) is 20.9 Å². The summed E-state index contributed by atoms with van der Waals surface area (Å²) in [6, 6.07) is 29.4. The fraction of sp³-hybridized carbons (Fsp3) is 0.0714. The van der Waals surface area contributed by atoms with E-state index in [0.717, 1.165) is 30.7 Å². The normalized spacial score (nSPS) is 13.6. The molecule has 0 aliphatic rings. The molecule has 0 aliphatic heterocycles. The quantitative estimate of drug-likeness (QED) is 0.222. The monoisotopic (exact) mass is 516 g/mol. The van der Waals surface area contributed by atoms with Gasteiger partial charge in [-0.15, -0.1) is 22.7 Å². The van der Waals surface area contributed by atoms with E-state index in [9.17, 15) is 9.11 Å². The first-order valence-electron chi connectivity index (χ1n) is 10.7. The van der Waals surface area contributed by atoms with Gasteiger partial charge in [0.1, 0.15) is 12.5 Å². The molecule has 0 bridgehead atoms. The van der Waals surface area contributed by atoms with Crippen LogP contribution in [-0.4, -0.2) is 21.6 Å². The highest BCUT2D eigenvalue weighted by Gasteiger charge is 2.17. The Morgan fingerprint density at radius 2 is 0.941 bits per heavy atom. The van der Waals surface area contributed by atoms with Crippen LogP contribution < -0.4 is 0 Å². The molecule has 0 radical (unpaired) electrons. The van der Waals surface area contributed by atoms with E-state index < -0.39 is 22.4 Å². The Bertz CT molecular complexity index is 1490. The highest BCUT2D eigenvalue weighted by atomic mass is 32.2. The van der Waals surface area contributed by atoms with Crippen LogP contribution in [0.5, 0.6) is 0 Å². The van der Waals surface area contributed by atoms with Gasteiger partial charge in [-0.2, -0.15) is 0 Å². The molecule has 0 amide bonds. The lowest BCUT2D eigenvalue weighted by Gasteiger charge is -2.08. The smallest absolute Gasteiger partial charge is 0.161 e. The standard InChI is InChI=1S/C28H20O2S4/c1-33(29)27-9-5-3-7-21(27)25-15-19-11-17-14-24-20(12-18(17)13-23(19)31-25)16-26(32-24)22-8-4-6-10-28(22)34(2)30/h3-16H,1-2H3. The summed E-state index contributed by atoms with van der Waals surface area (Å²) in [7, 11) is 0. The van der Waals surface area contributed by atoms with Crippen molar-refractivity contribution >= 4 is 76.0 Å². The van der Waals surface area contributed by atoms with Gasteiger partial charge in [-0.05, 0) is 105 Å². The molecule has 0 fully saturated rings.